The second-order valence-electron chi connectivity index (χ2n) is 5.11. The number of carboxylic acids is 1. The minimum absolute atomic E-state index is 0.399. The summed E-state index contributed by atoms with van der Waals surface area (Å²) in [5.74, 6) is 0.0455. The summed E-state index contributed by atoms with van der Waals surface area (Å²) in [6.45, 7) is 5.81. The van der Waals surface area contributed by atoms with Gasteiger partial charge in [-0.15, -0.1) is 0 Å². The monoisotopic (exact) mass is 297 g/mol. The predicted molar refractivity (Wildman–Crippen MR) is 78.4 cm³/mol. The quantitative estimate of drug-likeness (QED) is 0.907. The summed E-state index contributed by atoms with van der Waals surface area (Å²) in [5.41, 5.74) is 1.92. The van der Waals surface area contributed by atoms with Crippen LogP contribution in [0.5, 0.6) is 5.75 Å². The van der Waals surface area contributed by atoms with Crippen LogP contribution in [-0.4, -0.2) is 35.2 Å². The normalized spacial score (nSPS) is 19.2. The van der Waals surface area contributed by atoms with Crippen molar-refractivity contribution in [3.05, 3.63) is 28.3 Å². The van der Waals surface area contributed by atoms with Crippen molar-refractivity contribution in [1.82, 2.24) is 4.90 Å². The third kappa shape index (κ3) is 3.25. The standard InChI is InChI=1S/C15H20ClNO3/c1-3-20-14-7-10(2)12(16)8-11(14)9-17-6-4-5-13(17)15(18)19/h7-8,13H,3-6,9H2,1-2H3,(H,18,19). The zero-order valence-corrected chi connectivity index (χ0v) is 12.6. The van der Waals surface area contributed by atoms with Crippen molar-refractivity contribution in [3.63, 3.8) is 0 Å². The van der Waals surface area contributed by atoms with E-state index in [1.165, 1.54) is 0 Å². The summed E-state index contributed by atoms with van der Waals surface area (Å²) in [4.78, 5) is 13.2. The van der Waals surface area contributed by atoms with E-state index in [9.17, 15) is 9.90 Å². The molecule has 1 saturated heterocycles. The third-order valence-electron chi connectivity index (χ3n) is 3.66. The number of likely N-dealkylation sites (tertiary alicyclic amines) is 1. The molecule has 1 aliphatic heterocycles. The molecule has 1 N–H and O–H groups in total. The van der Waals surface area contributed by atoms with Gasteiger partial charge in [-0.1, -0.05) is 11.6 Å². The van der Waals surface area contributed by atoms with Gasteiger partial charge in [-0.05, 0) is 50.9 Å². The summed E-state index contributed by atoms with van der Waals surface area (Å²) in [6.07, 6.45) is 1.62. The van der Waals surface area contributed by atoms with E-state index in [4.69, 9.17) is 16.3 Å². The zero-order chi connectivity index (χ0) is 14.7. The average molecular weight is 298 g/mol. The van der Waals surface area contributed by atoms with Crippen LogP contribution in [0.25, 0.3) is 0 Å². The van der Waals surface area contributed by atoms with Gasteiger partial charge in [0.05, 0.1) is 6.61 Å². The number of nitrogens with zero attached hydrogens (tertiary/aromatic N) is 1. The summed E-state index contributed by atoms with van der Waals surface area (Å²) in [6, 6.07) is 3.41. The average Bonchev–Trinajstić information content (AvgIpc) is 2.84. The largest absolute Gasteiger partial charge is 0.494 e. The predicted octanol–water partition coefficient (Wildman–Crippen LogP) is 3.10. The molecule has 4 nitrogen and oxygen atoms in total. The van der Waals surface area contributed by atoms with Crippen molar-refractivity contribution in [2.75, 3.05) is 13.2 Å². The number of rotatable bonds is 5. The van der Waals surface area contributed by atoms with E-state index in [1.807, 2.05) is 30.9 Å². The van der Waals surface area contributed by atoms with Crippen molar-refractivity contribution in [2.24, 2.45) is 0 Å². The van der Waals surface area contributed by atoms with Gasteiger partial charge in [0, 0.05) is 17.1 Å². The van der Waals surface area contributed by atoms with Crippen LogP contribution in [0.1, 0.15) is 30.9 Å². The molecule has 0 amide bonds. The molecule has 0 spiro atoms. The molecule has 1 aromatic carbocycles. The first-order valence-corrected chi connectivity index (χ1v) is 7.29. The lowest BCUT2D eigenvalue weighted by Gasteiger charge is -2.23. The molecule has 1 aromatic rings. The minimum atomic E-state index is -0.751. The van der Waals surface area contributed by atoms with Crippen LogP contribution in [0, 0.1) is 6.92 Å². The van der Waals surface area contributed by atoms with Crippen LogP contribution in [0.4, 0.5) is 0 Å². The van der Waals surface area contributed by atoms with Crippen LogP contribution in [0.3, 0.4) is 0 Å². The highest BCUT2D eigenvalue weighted by molar-refractivity contribution is 6.31. The molecule has 110 valence electrons. The fraction of sp³-hybridized carbons (Fsp3) is 0.533. The summed E-state index contributed by atoms with van der Waals surface area (Å²) in [5, 5.41) is 9.92. The Balaban J connectivity index is 2.23. The number of hydrogen-bond acceptors (Lipinski definition) is 3. The maximum Gasteiger partial charge on any atom is 0.320 e. The fourth-order valence-corrected chi connectivity index (χ4v) is 2.81. The molecule has 5 heteroatoms. The highest BCUT2D eigenvalue weighted by Gasteiger charge is 2.30. The molecular weight excluding hydrogens is 278 g/mol. The van der Waals surface area contributed by atoms with E-state index >= 15 is 0 Å². The molecule has 1 unspecified atom stereocenters. The number of carboxylic acid groups (broad SMARTS) is 1. The highest BCUT2D eigenvalue weighted by atomic mass is 35.5. The van der Waals surface area contributed by atoms with Crippen LogP contribution in [0.2, 0.25) is 5.02 Å². The molecule has 20 heavy (non-hydrogen) atoms. The smallest absolute Gasteiger partial charge is 0.320 e. The Morgan fingerprint density at radius 1 is 1.55 bits per heavy atom. The minimum Gasteiger partial charge on any atom is -0.494 e. The zero-order valence-electron chi connectivity index (χ0n) is 11.9. The Kier molecular flexibility index (Phi) is 4.89. The lowest BCUT2D eigenvalue weighted by molar-refractivity contribution is -0.142. The summed E-state index contributed by atoms with van der Waals surface area (Å²) in [7, 11) is 0. The molecule has 0 aliphatic carbocycles. The van der Waals surface area contributed by atoms with Gasteiger partial charge in [0.1, 0.15) is 11.8 Å². The first kappa shape index (κ1) is 15.1. The highest BCUT2D eigenvalue weighted by Crippen LogP contribution is 2.30. The SMILES string of the molecule is CCOc1cc(C)c(Cl)cc1CN1CCCC1C(=O)O. The molecule has 1 atom stereocenters. The van der Waals surface area contributed by atoms with Gasteiger partial charge in [-0.3, -0.25) is 9.69 Å². The molecule has 0 radical (unpaired) electrons. The number of hydrogen-bond donors (Lipinski definition) is 1. The second kappa shape index (κ2) is 6.46. The maximum absolute atomic E-state index is 11.2. The van der Waals surface area contributed by atoms with Gasteiger partial charge in [-0.2, -0.15) is 0 Å². The van der Waals surface area contributed by atoms with Crippen LogP contribution in [0.15, 0.2) is 12.1 Å². The Labute approximate surface area is 124 Å². The number of aryl methyl sites for hydroxylation is 1. The molecule has 2 rings (SSSR count). The van der Waals surface area contributed by atoms with Gasteiger partial charge >= 0.3 is 5.97 Å². The Morgan fingerprint density at radius 2 is 2.30 bits per heavy atom. The van der Waals surface area contributed by atoms with Gasteiger partial charge < -0.3 is 9.84 Å². The molecule has 1 aliphatic rings. The Bertz CT molecular complexity index is 504. The van der Waals surface area contributed by atoms with E-state index in [0.29, 0.717) is 24.6 Å². The van der Waals surface area contributed by atoms with E-state index < -0.39 is 12.0 Å². The first-order chi connectivity index (χ1) is 9.52. The molecule has 0 aromatic heterocycles. The number of halogens is 1. The number of ether oxygens (including phenoxy) is 1. The van der Waals surface area contributed by atoms with Crippen molar-refractivity contribution >= 4 is 17.6 Å². The summed E-state index contributed by atoms with van der Waals surface area (Å²) < 4.78 is 5.65. The molecule has 1 fully saturated rings. The maximum atomic E-state index is 11.2. The summed E-state index contributed by atoms with van der Waals surface area (Å²) >= 11 is 6.18. The lowest BCUT2D eigenvalue weighted by Crippen LogP contribution is -2.35. The van der Waals surface area contributed by atoms with E-state index in [0.717, 1.165) is 29.8 Å². The van der Waals surface area contributed by atoms with Gasteiger partial charge in [0.2, 0.25) is 0 Å². The van der Waals surface area contributed by atoms with Crippen molar-refractivity contribution < 1.29 is 14.6 Å². The first-order valence-electron chi connectivity index (χ1n) is 6.91. The topological polar surface area (TPSA) is 49.8 Å². The lowest BCUT2D eigenvalue weighted by atomic mass is 10.1. The molecule has 0 bridgehead atoms. The van der Waals surface area contributed by atoms with E-state index in [1.54, 1.807) is 0 Å². The number of benzene rings is 1. The van der Waals surface area contributed by atoms with Crippen molar-refractivity contribution in [2.45, 2.75) is 39.3 Å². The molecule has 0 saturated carbocycles. The van der Waals surface area contributed by atoms with Gasteiger partial charge in [-0.25, -0.2) is 0 Å². The fourth-order valence-electron chi connectivity index (χ4n) is 2.62. The van der Waals surface area contributed by atoms with E-state index in [-0.39, 0.29) is 0 Å². The molecule has 1 heterocycles. The van der Waals surface area contributed by atoms with Crippen LogP contribution < -0.4 is 4.74 Å². The Morgan fingerprint density at radius 3 is 2.95 bits per heavy atom. The third-order valence-corrected chi connectivity index (χ3v) is 4.07. The van der Waals surface area contributed by atoms with Gasteiger partial charge in [0.25, 0.3) is 0 Å². The number of carbonyl (C=O) groups is 1. The van der Waals surface area contributed by atoms with Gasteiger partial charge in [0.15, 0.2) is 0 Å². The van der Waals surface area contributed by atoms with Crippen LogP contribution >= 0.6 is 11.6 Å². The van der Waals surface area contributed by atoms with E-state index in [2.05, 4.69) is 0 Å². The number of aliphatic carboxylic acids is 1. The van der Waals surface area contributed by atoms with Crippen molar-refractivity contribution in [1.29, 1.82) is 0 Å². The Hall–Kier alpha value is -1.26. The molecular formula is C15H20ClNO3. The second-order valence-corrected chi connectivity index (χ2v) is 5.52. The van der Waals surface area contributed by atoms with Crippen LogP contribution in [-0.2, 0) is 11.3 Å². The van der Waals surface area contributed by atoms with Crippen molar-refractivity contribution in [3.8, 4) is 5.75 Å².